The number of hydrogen-bond donors (Lipinski definition) is 1. The lowest BCUT2D eigenvalue weighted by Gasteiger charge is -2.26. The van der Waals surface area contributed by atoms with Crippen molar-refractivity contribution < 1.29 is 13.2 Å². The molecule has 0 bridgehead atoms. The summed E-state index contributed by atoms with van der Waals surface area (Å²) in [5.74, 6) is -0.330. The molecule has 3 aromatic rings. The van der Waals surface area contributed by atoms with E-state index in [4.69, 9.17) is 0 Å². The number of benzene rings is 3. The van der Waals surface area contributed by atoms with Gasteiger partial charge < -0.3 is 5.32 Å². The normalized spacial score (nSPS) is 14.2. The number of amides is 1. The second kappa shape index (κ2) is 10.4. The van der Waals surface area contributed by atoms with Crippen LogP contribution in [0.5, 0.6) is 0 Å². The van der Waals surface area contributed by atoms with Crippen LogP contribution in [0.4, 0.5) is 5.69 Å². The molecule has 4 rings (SSSR count). The Kier molecular flexibility index (Phi) is 7.37. The maximum atomic E-state index is 13.5. The third-order valence-electron chi connectivity index (χ3n) is 6.46. The third-order valence-corrected chi connectivity index (χ3v) is 8.25. The molecule has 34 heavy (non-hydrogen) atoms. The molecule has 0 fully saturated rings. The van der Waals surface area contributed by atoms with Gasteiger partial charge >= 0.3 is 0 Å². The standard InChI is InChI=1S/C28H32N2O3S/c1-3-27(24-16-15-22-9-7-8-10-23(22)19-24)29-28(31)20-30(25-11-5-4-6-12-25)34(32,33)26-17-13-21(2)14-18-26/h4-6,11-19,27H,3,7-10,20H2,1-2H3,(H,29,31). The smallest absolute Gasteiger partial charge is 0.264 e. The van der Waals surface area contributed by atoms with Gasteiger partial charge in [-0.2, -0.15) is 0 Å². The minimum absolute atomic E-state index is 0.163. The molecule has 1 aliphatic rings. The zero-order valence-corrected chi connectivity index (χ0v) is 20.6. The number of nitrogens with zero attached hydrogens (tertiary/aromatic N) is 1. The van der Waals surface area contributed by atoms with E-state index in [9.17, 15) is 13.2 Å². The third kappa shape index (κ3) is 5.33. The average molecular weight is 477 g/mol. The molecule has 1 unspecified atom stereocenters. The predicted molar refractivity (Wildman–Crippen MR) is 136 cm³/mol. The van der Waals surface area contributed by atoms with Crippen molar-refractivity contribution in [1.82, 2.24) is 5.32 Å². The summed E-state index contributed by atoms with van der Waals surface area (Å²) in [6.07, 6.45) is 5.33. The first-order valence-corrected chi connectivity index (χ1v) is 13.4. The van der Waals surface area contributed by atoms with Crippen LogP contribution in [0, 0.1) is 6.92 Å². The van der Waals surface area contributed by atoms with E-state index >= 15 is 0 Å². The molecular weight excluding hydrogens is 444 g/mol. The summed E-state index contributed by atoms with van der Waals surface area (Å²) in [4.78, 5) is 13.3. The molecule has 178 valence electrons. The van der Waals surface area contributed by atoms with Crippen molar-refractivity contribution >= 4 is 21.6 Å². The zero-order valence-electron chi connectivity index (χ0n) is 19.8. The van der Waals surface area contributed by atoms with Gasteiger partial charge in [-0.25, -0.2) is 8.42 Å². The molecule has 0 spiro atoms. The Labute approximate surface area is 202 Å². The Morgan fingerprint density at radius 2 is 1.62 bits per heavy atom. The van der Waals surface area contributed by atoms with Crippen LogP contribution in [-0.4, -0.2) is 20.9 Å². The highest BCUT2D eigenvalue weighted by Crippen LogP contribution is 2.27. The van der Waals surface area contributed by atoms with Crippen molar-refractivity contribution in [2.24, 2.45) is 0 Å². The van der Waals surface area contributed by atoms with Crippen molar-refractivity contribution in [2.75, 3.05) is 10.8 Å². The summed E-state index contributed by atoms with van der Waals surface area (Å²) in [7, 11) is -3.91. The highest BCUT2D eigenvalue weighted by Gasteiger charge is 2.28. The zero-order chi connectivity index (χ0) is 24.1. The van der Waals surface area contributed by atoms with Crippen LogP contribution >= 0.6 is 0 Å². The Morgan fingerprint density at radius 3 is 2.29 bits per heavy atom. The molecule has 1 aliphatic carbocycles. The Hall–Kier alpha value is -3.12. The van der Waals surface area contributed by atoms with E-state index in [1.54, 1.807) is 48.5 Å². The van der Waals surface area contributed by atoms with Gasteiger partial charge in [-0.05, 0) is 80.0 Å². The molecule has 1 atom stereocenters. The van der Waals surface area contributed by atoms with Crippen molar-refractivity contribution in [3.63, 3.8) is 0 Å². The summed E-state index contributed by atoms with van der Waals surface area (Å²) in [5, 5.41) is 3.08. The fraction of sp³-hybridized carbons (Fsp3) is 0.321. The van der Waals surface area contributed by atoms with Gasteiger partial charge in [0, 0.05) is 0 Å². The number of aryl methyl sites for hydroxylation is 3. The summed E-state index contributed by atoms with van der Waals surface area (Å²) >= 11 is 0. The maximum absolute atomic E-state index is 13.5. The number of hydrogen-bond acceptors (Lipinski definition) is 3. The summed E-state index contributed by atoms with van der Waals surface area (Å²) in [6.45, 7) is 3.65. The summed E-state index contributed by atoms with van der Waals surface area (Å²) in [5.41, 5.74) is 5.27. The molecule has 1 amide bonds. The van der Waals surface area contributed by atoms with Gasteiger partial charge in [-0.15, -0.1) is 0 Å². The highest BCUT2D eigenvalue weighted by atomic mass is 32.2. The van der Waals surface area contributed by atoms with Crippen LogP contribution < -0.4 is 9.62 Å². The first-order chi connectivity index (χ1) is 16.4. The second-order valence-electron chi connectivity index (χ2n) is 8.92. The molecule has 0 saturated heterocycles. The summed E-state index contributed by atoms with van der Waals surface area (Å²) in [6, 6.07) is 21.8. The monoisotopic (exact) mass is 476 g/mol. The van der Waals surface area contributed by atoms with Crippen LogP contribution in [0.25, 0.3) is 0 Å². The van der Waals surface area contributed by atoms with E-state index in [1.165, 1.54) is 28.3 Å². The lowest BCUT2D eigenvalue weighted by molar-refractivity contribution is -0.120. The molecule has 0 radical (unpaired) electrons. The first-order valence-electron chi connectivity index (χ1n) is 11.9. The highest BCUT2D eigenvalue weighted by molar-refractivity contribution is 7.92. The molecule has 0 aromatic heterocycles. The maximum Gasteiger partial charge on any atom is 0.264 e. The van der Waals surface area contributed by atoms with Gasteiger partial charge in [0.05, 0.1) is 16.6 Å². The van der Waals surface area contributed by atoms with Gasteiger partial charge in [-0.3, -0.25) is 9.10 Å². The van der Waals surface area contributed by atoms with E-state index in [2.05, 4.69) is 23.5 Å². The number of rotatable bonds is 8. The lowest BCUT2D eigenvalue weighted by Crippen LogP contribution is -2.42. The number of fused-ring (bicyclic) bond motifs is 1. The quantitative estimate of drug-likeness (QED) is 0.477. The average Bonchev–Trinajstić information content (AvgIpc) is 2.86. The molecule has 0 aliphatic heterocycles. The van der Waals surface area contributed by atoms with E-state index < -0.39 is 10.0 Å². The molecular formula is C28H32N2O3S. The van der Waals surface area contributed by atoms with Gasteiger partial charge in [-0.1, -0.05) is 61.0 Å². The Morgan fingerprint density at radius 1 is 0.941 bits per heavy atom. The van der Waals surface area contributed by atoms with Crippen LogP contribution in [0.2, 0.25) is 0 Å². The first kappa shape index (κ1) is 24.0. The fourth-order valence-corrected chi connectivity index (χ4v) is 5.93. The van der Waals surface area contributed by atoms with Crippen molar-refractivity contribution in [1.29, 1.82) is 0 Å². The second-order valence-corrected chi connectivity index (χ2v) is 10.8. The van der Waals surface area contributed by atoms with Crippen molar-refractivity contribution in [3.05, 3.63) is 95.1 Å². The molecule has 5 nitrogen and oxygen atoms in total. The number of sulfonamides is 1. The van der Waals surface area contributed by atoms with Gasteiger partial charge in [0.25, 0.3) is 10.0 Å². The van der Waals surface area contributed by atoms with Gasteiger partial charge in [0.15, 0.2) is 0 Å². The fourth-order valence-electron chi connectivity index (χ4n) is 4.51. The van der Waals surface area contributed by atoms with Crippen molar-refractivity contribution in [2.45, 2.75) is 56.9 Å². The van der Waals surface area contributed by atoms with Crippen LogP contribution in [0.15, 0.2) is 77.7 Å². The Balaban J connectivity index is 1.57. The number of carbonyl (C=O) groups excluding carboxylic acids is 1. The van der Waals surface area contributed by atoms with Crippen LogP contribution in [-0.2, 0) is 27.7 Å². The predicted octanol–water partition coefficient (Wildman–Crippen LogP) is 5.34. The van der Waals surface area contributed by atoms with E-state index in [0.717, 1.165) is 30.4 Å². The van der Waals surface area contributed by atoms with Gasteiger partial charge in [0.2, 0.25) is 5.91 Å². The SMILES string of the molecule is CCC(NC(=O)CN(c1ccccc1)S(=O)(=O)c1ccc(C)cc1)c1ccc2c(c1)CCCC2. The largest absolute Gasteiger partial charge is 0.348 e. The number of anilines is 1. The molecule has 0 saturated carbocycles. The van der Waals surface area contributed by atoms with Crippen molar-refractivity contribution in [3.8, 4) is 0 Å². The minimum Gasteiger partial charge on any atom is -0.348 e. The van der Waals surface area contributed by atoms with E-state index in [-0.39, 0.29) is 23.4 Å². The molecule has 6 heteroatoms. The van der Waals surface area contributed by atoms with Gasteiger partial charge in [0.1, 0.15) is 6.54 Å². The molecule has 0 heterocycles. The lowest BCUT2D eigenvalue weighted by atomic mass is 9.89. The van der Waals surface area contributed by atoms with Crippen LogP contribution in [0.1, 0.15) is 54.5 Å². The molecule has 1 N–H and O–H groups in total. The molecule has 3 aromatic carbocycles. The Bertz CT molecular complexity index is 1240. The number of para-hydroxylation sites is 1. The van der Waals surface area contributed by atoms with Crippen LogP contribution in [0.3, 0.4) is 0 Å². The summed E-state index contributed by atoms with van der Waals surface area (Å²) < 4.78 is 28.2. The van der Waals surface area contributed by atoms with E-state index in [0.29, 0.717) is 5.69 Å². The minimum atomic E-state index is -3.91. The number of carbonyl (C=O) groups is 1. The van der Waals surface area contributed by atoms with E-state index in [1.807, 2.05) is 19.9 Å². The topological polar surface area (TPSA) is 66.5 Å². The number of nitrogens with one attached hydrogen (secondary N) is 1.